The summed E-state index contributed by atoms with van der Waals surface area (Å²) >= 11 is 0. The first-order chi connectivity index (χ1) is 14.2. The summed E-state index contributed by atoms with van der Waals surface area (Å²) in [5, 5.41) is 31.2. The minimum atomic E-state index is -0.201. The smallest absolute Gasteiger partial charge is 0.123 e. The maximum atomic E-state index is 10.9. The first-order valence-electron chi connectivity index (χ1n) is 11.9. The van der Waals surface area contributed by atoms with Crippen molar-refractivity contribution < 1.29 is 20.1 Å². The Balaban J connectivity index is 1.57. The van der Waals surface area contributed by atoms with Crippen LogP contribution in [0.15, 0.2) is 18.2 Å². The molecule has 4 heteroatoms. The predicted octanol–water partition coefficient (Wildman–Crippen LogP) is 4.69. The summed E-state index contributed by atoms with van der Waals surface area (Å²) in [4.78, 5) is 0. The van der Waals surface area contributed by atoms with Crippen molar-refractivity contribution in [3.8, 4) is 11.5 Å². The highest BCUT2D eigenvalue weighted by molar-refractivity contribution is 5.43. The van der Waals surface area contributed by atoms with Gasteiger partial charge in [0.05, 0.1) is 0 Å². The van der Waals surface area contributed by atoms with Crippen LogP contribution in [0.2, 0.25) is 0 Å². The van der Waals surface area contributed by atoms with E-state index in [4.69, 9.17) is 4.74 Å². The molecule has 0 bridgehead atoms. The fourth-order valence-corrected chi connectivity index (χ4v) is 8.90. The van der Waals surface area contributed by atoms with Gasteiger partial charge < -0.3 is 20.1 Å². The van der Waals surface area contributed by atoms with Crippen molar-refractivity contribution >= 4 is 0 Å². The third-order valence-electron chi connectivity index (χ3n) is 10.3. The van der Waals surface area contributed by atoms with Gasteiger partial charge in [-0.2, -0.15) is 0 Å². The van der Waals surface area contributed by atoms with E-state index < -0.39 is 0 Å². The highest BCUT2D eigenvalue weighted by atomic mass is 16.5. The summed E-state index contributed by atoms with van der Waals surface area (Å²) in [6.07, 6.45) is 8.44. The van der Waals surface area contributed by atoms with Crippen LogP contribution in [0.1, 0.15) is 71.3 Å². The van der Waals surface area contributed by atoms with Crippen molar-refractivity contribution in [3.05, 3.63) is 23.8 Å². The van der Waals surface area contributed by atoms with Crippen molar-refractivity contribution in [3.63, 3.8) is 0 Å². The van der Waals surface area contributed by atoms with E-state index in [1.54, 1.807) is 6.07 Å². The van der Waals surface area contributed by atoms with Gasteiger partial charge in [-0.25, -0.2) is 0 Å². The SMILES string of the molecule is C[C@]1(CO)CCC[C@@]2(CO)[C@H]1CC[C@]1(C)[C@@H]2CC[C@]2(C)Oc3ccc(O)cc3C[C@@H]12. The van der Waals surface area contributed by atoms with Crippen LogP contribution in [0.5, 0.6) is 11.5 Å². The summed E-state index contributed by atoms with van der Waals surface area (Å²) < 4.78 is 6.64. The normalized spacial score (nSPS) is 47.3. The Kier molecular flexibility index (Phi) is 4.55. The second kappa shape index (κ2) is 6.62. The Bertz CT molecular complexity index is 838. The van der Waals surface area contributed by atoms with E-state index in [0.717, 1.165) is 62.7 Å². The monoisotopic (exact) mass is 414 g/mol. The van der Waals surface area contributed by atoms with E-state index in [2.05, 4.69) is 20.8 Å². The van der Waals surface area contributed by atoms with Crippen molar-refractivity contribution in [1.29, 1.82) is 0 Å². The second-order valence-corrected chi connectivity index (χ2v) is 11.7. The molecule has 1 aliphatic heterocycles. The summed E-state index contributed by atoms with van der Waals surface area (Å²) in [6, 6.07) is 5.51. The number of phenolic OH excluding ortho intramolecular Hbond substituents is 1. The van der Waals surface area contributed by atoms with Gasteiger partial charge in [0.2, 0.25) is 0 Å². The van der Waals surface area contributed by atoms with Crippen LogP contribution in [-0.2, 0) is 6.42 Å². The average Bonchev–Trinajstić information content (AvgIpc) is 2.72. The Morgan fingerprint density at radius 2 is 1.70 bits per heavy atom. The molecule has 4 nitrogen and oxygen atoms in total. The van der Waals surface area contributed by atoms with Gasteiger partial charge in [-0.1, -0.05) is 20.3 Å². The van der Waals surface area contributed by atoms with Crippen molar-refractivity contribution in [2.75, 3.05) is 13.2 Å². The molecule has 5 rings (SSSR count). The fraction of sp³-hybridized carbons (Fsp3) is 0.769. The Morgan fingerprint density at radius 3 is 2.43 bits per heavy atom. The largest absolute Gasteiger partial charge is 0.508 e. The van der Waals surface area contributed by atoms with Crippen LogP contribution in [-0.4, -0.2) is 34.1 Å². The number of aliphatic hydroxyl groups is 2. The average molecular weight is 415 g/mol. The van der Waals surface area contributed by atoms with Crippen LogP contribution in [0.4, 0.5) is 0 Å². The number of ether oxygens (including phenoxy) is 1. The molecule has 1 aromatic rings. The molecule has 0 saturated heterocycles. The lowest BCUT2D eigenvalue weighted by Gasteiger charge is -2.69. The summed E-state index contributed by atoms with van der Waals surface area (Å²) in [5.41, 5.74) is 0.827. The maximum absolute atomic E-state index is 10.9. The topological polar surface area (TPSA) is 69.9 Å². The summed E-state index contributed by atoms with van der Waals surface area (Å²) in [7, 11) is 0. The summed E-state index contributed by atoms with van der Waals surface area (Å²) in [6.45, 7) is 7.44. The molecule has 0 aromatic heterocycles. The maximum Gasteiger partial charge on any atom is 0.123 e. The predicted molar refractivity (Wildman–Crippen MR) is 116 cm³/mol. The number of rotatable bonds is 2. The first-order valence-corrected chi connectivity index (χ1v) is 11.9. The number of benzene rings is 1. The number of phenols is 1. The second-order valence-electron chi connectivity index (χ2n) is 11.7. The molecule has 0 radical (unpaired) electrons. The number of aromatic hydroxyl groups is 1. The van der Waals surface area contributed by atoms with E-state index in [0.29, 0.717) is 23.5 Å². The molecule has 0 spiro atoms. The third kappa shape index (κ3) is 2.59. The zero-order chi connectivity index (χ0) is 21.4. The molecular formula is C26H38O4. The molecule has 3 saturated carbocycles. The quantitative estimate of drug-likeness (QED) is 0.657. The molecule has 30 heavy (non-hydrogen) atoms. The van der Waals surface area contributed by atoms with E-state index in [9.17, 15) is 15.3 Å². The molecule has 166 valence electrons. The zero-order valence-corrected chi connectivity index (χ0v) is 18.8. The standard InChI is InChI=1S/C26H38O4/c1-23(15-27)9-4-10-26(16-28)20(23)7-11-24(2)21(26)8-12-25(3)22(24)14-17-13-18(29)5-6-19(17)30-25/h5-6,13,20-22,27-29H,4,7-12,14-16H2,1-3H3/t20-,21-,22-,23+,24+,25-,26+/m0/s1. The number of aliphatic hydroxyl groups excluding tert-OH is 2. The van der Waals surface area contributed by atoms with E-state index in [1.165, 1.54) is 0 Å². The minimum absolute atomic E-state index is 0.0789. The number of fused-ring (bicyclic) bond motifs is 6. The Labute approximate surface area is 180 Å². The van der Waals surface area contributed by atoms with Gasteiger partial charge in [0.1, 0.15) is 17.1 Å². The van der Waals surface area contributed by atoms with Crippen molar-refractivity contribution in [2.45, 2.75) is 77.7 Å². The van der Waals surface area contributed by atoms with Gasteiger partial charge >= 0.3 is 0 Å². The molecule has 4 aliphatic rings. The Hall–Kier alpha value is -1.26. The molecule has 1 aromatic carbocycles. The van der Waals surface area contributed by atoms with Crippen LogP contribution < -0.4 is 4.74 Å². The number of hydrogen-bond acceptors (Lipinski definition) is 4. The van der Waals surface area contributed by atoms with Gasteiger partial charge in [-0.3, -0.25) is 0 Å². The van der Waals surface area contributed by atoms with E-state index in [-0.39, 0.29) is 35.1 Å². The molecule has 3 N–H and O–H groups in total. The lowest BCUT2D eigenvalue weighted by Crippen LogP contribution is -2.66. The van der Waals surface area contributed by atoms with Crippen LogP contribution in [0.25, 0.3) is 0 Å². The highest BCUT2D eigenvalue weighted by Gasteiger charge is 2.67. The lowest BCUT2D eigenvalue weighted by atomic mass is 9.37. The number of hydrogen-bond donors (Lipinski definition) is 3. The fourth-order valence-electron chi connectivity index (χ4n) is 8.90. The van der Waals surface area contributed by atoms with Crippen LogP contribution in [0.3, 0.4) is 0 Å². The minimum Gasteiger partial charge on any atom is -0.508 e. The van der Waals surface area contributed by atoms with Crippen molar-refractivity contribution in [2.24, 2.45) is 34.0 Å². The molecule has 3 fully saturated rings. The van der Waals surface area contributed by atoms with E-state index >= 15 is 0 Å². The molecule has 0 unspecified atom stereocenters. The molecular weight excluding hydrogens is 376 g/mol. The van der Waals surface area contributed by atoms with Gasteiger partial charge in [0, 0.05) is 24.5 Å². The first kappa shape index (κ1) is 20.6. The zero-order valence-electron chi connectivity index (χ0n) is 18.8. The highest BCUT2D eigenvalue weighted by Crippen LogP contribution is 2.70. The molecule has 0 amide bonds. The third-order valence-corrected chi connectivity index (χ3v) is 10.3. The lowest BCUT2D eigenvalue weighted by molar-refractivity contribution is -0.229. The molecule has 3 aliphatic carbocycles. The Morgan fingerprint density at radius 1 is 0.933 bits per heavy atom. The van der Waals surface area contributed by atoms with Gasteiger partial charge in [0.15, 0.2) is 0 Å². The molecule has 1 heterocycles. The van der Waals surface area contributed by atoms with Crippen LogP contribution in [0, 0.1) is 34.0 Å². The van der Waals surface area contributed by atoms with Gasteiger partial charge in [0.25, 0.3) is 0 Å². The van der Waals surface area contributed by atoms with Crippen LogP contribution >= 0.6 is 0 Å². The van der Waals surface area contributed by atoms with Crippen molar-refractivity contribution in [1.82, 2.24) is 0 Å². The summed E-state index contributed by atoms with van der Waals surface area (Å²) in [5.74, 6) is 2.42. The van der Waals surface area contributed by atoms with Gasteiger partial charge in [-0.05, 0) is 98.3 Å². The van der Waals surface area contributed by atoms with E-state index in [1.807, 2.05) is 12.1 Å². The van der Waals surface area contributed by atoms with Gasteiger partial charge in [-0.15, -0.1) is 0 Å². The molecule has 7 atom stereocenters.